The average Bonchev–Trinajstić information content (AvgIpc) is 3.29. The lowest BCUT2D eigenvalue weighted by Crippen LogP contribution is -2.32. The fourth-order valence-corrected chi connectivity index (χ4v) is 2.44. The zero-order valence-electron chi connectivity index (χ0n) is 16.5. The molecule has 0 spiro atoms. The van der Waals surface area contributed by atoms with E-state index in [0.29, 0.717) is 30.8 Å². The highest BCUT2D eigenvalue weighted by molar-refractivity contribution is 5.92. The maximum absolute atomic E-state index is 12.7. The average molecular weight is 375 g/mol. The quantitative estimate of drug-likeness (QED) is 0.683. The van der Waals surface area contributed by atoms with Crippen LogP contribution < -0.4 is 5.32 Å². The third-order valence-corrected chi connectivity index (χ3v) is 4.11. The Balaban J connectivity index is 2.01. The zero-order valence-corrected chi connectivity index (χ0v) is 16.5. The standard InChI is InChI=1S/C20H29N3O4/c1-14(2)7-9-21-19(24)16-13-27-18(22-16)12-23(10-8-15(3)4)20(25)17-6-5-11-26-17/h5-6,11,13-15H,7-10,12H2,1-4H3,(H,21,24). The Morgan fingerprint density at radius 1 is 1.15 bits per heavy atom. The third-order valence-electron chi connectivity index (χ3n) is 4.11. The van der Waals surface area contributed by atoms with Gasteiger partial charge in [0.25, 0.3) is 11.8 Å². The molecule has 27 heavy (non-hydrogen) atoms. The normalized spacial score (nSPS) is 11.2. The summed E-state index contributed by atoms with van der Waals surface area (Å²) in [6.07, 6.45) is 4.55. The molecule has 0 atom stereocenters. The van der Waals surface area contributed by atoms with E-state index in [2.05, 4.69) is 38.0 Å². The van der Waals surface area contributed by atoms with E-state index in [4.69, 9.17) is 8.83 Å². The van der Waals surface area contributed by atoms with Gasteiger partial charge in [-0.2, -0.15) is 0 Å². The molecule has 0 aliphatic heterocycles. The van der Waals surface area contributed by atoms with E-state index in [9.17, 15) is 9.59 Å². The summed E-state index contributed by atoms with van der Waals surface area (Å²) in [7, 11) is 0. The van der Waals surface area contributed by atoms with Crippen LogP contribution in [-0.4, -0.2) is 34.8 Å². The Kier molecular flexibility index (Phi) is 7.64. The van der Waals surface area contributed by atoms with Crippen LogP contribution in [0, 0.1) is 11.8 Å². The molecule has 2 heterocycles. The number of nitrogens with zero attached hydrogens (tertiary/aromatic N) is 2. The van der Waals surface area contributed by atoms with Gasteiger partial charge in [0, 0.05) is 13.1 Å². The first-order valence-corrected chi connectivity index (χ1v) is 9.42. The topological polar surface area (TPSA) is 88.6 Å². The van der Waals surface area contributed by atoms with E-state index >= 15 is 0 Å². The second kappa shape index (κ2) is 9.94. The van der Waals surface area contributed by atoms with Crippen molar-refractivity contribution in [3.05, 3.63) is 42.0 Å². The van der Waals surface area contributed by atoms with Crippen LogP contribution in [-0.2, 0) is 6.54 Å². The van der Waals surface area contributed by atoms with Gasteiger partial charge in [0.2, 0.25) is 5.89 Å². The molecule has 148 valence electrons. The number of hydrogen-bond acceptors (Lipinski definition) is 5. The number of furan rings is 1. The van der Waals surface area contributed by atoms with Crippen LogP contribution in [0.25, 0.3) is 0 Å². The number of hydrogen-bond donors (Lipinski definition) is 1. The van der Waals surface area contributed by atoms with Gasteiger partial charge >= 0.3 is 0 Å². The summed E-state index contributed by atoms with van der Waals surface area (Å²) in [4.78, 5) is 30.6. The maximum Gasteiger partial charge on any atom is 0.290 e. The number of oxazole rings is 1. The van der Waals surface area contributed by atoms with Gasteiger partial charge in [0.05, 0.1) is 12.8 Å². The molecule has 2 aromatic heterocycles. The lowest BCUT2D eigenvalue weighted by atomic mass is 10.1. The minimum absolute atomic E-state index is 0.186. The van der Waals surface area contributed by atoms with Gasteiger partial charge in [-0.3, -0.25) is 9.59 Å². The molecular weight excluding hydrogens is 346 g/mol. The molecule has 0 aliphatic carbocycles. The lowest BCUT2D eigenvalue weighted by molar-refractivity contribution is 0.0688. The van der Waals surface area contributed by atoms with Crippen LogP contribution in [0.2, 0.25) is 0 Å². The molecular formula is C20H29N3O4. The third kappa shape index (κ3) is 6.58. The van der Waals surface area contributed by atoms with E-state index < -0.39 is 0 Å². The summed E-state index contributed by atoms with van der Waals surface area (Å²) < 4.78 is 10.6. The van der Waals surface area contributed by atoms with Crippen molar-refractivity contribution in [2.75, 3.05) is 13.1 Å². The molecule has 0 aliphatic rings. The van der Waals surface area contributed by atoms with Gasteiger partial charge in [0.15, 0.2) is 11.5 Å². The van der Waals surface area contributed by atoms with Crippen molar-refractivity contribution < 1.29 is 18.4 Å². The summed E-state index contributed by atoms with van der Waals surface area (Å²) in [5, 5.41) is 2.83. The van der Waals surface area contributed by atoms with Gasteiger partial charge in [-0.05, 0) is 36.8 Å². The molecule has 7 heteroatoms. The molecule has 2 aromatic rings. The van der Waals surface area contributed by atoms with Crippen LogP contribution >= 0.6 is 0 Å². The van der Waals surface area contributed by atoms with Crippen LogP contribution in [0.15, 0.2) is 33.5 Å². The highest BCUT2D eigenvalue weighted by atomic mass is 16.3. The minimum Gasteiger partial charge on any atom is -0.459 e. The van der Waals surface area contributed by atoms with E-state index in [1.54, 1.807) is 17.0 Å². The molecule has 0 saturated heterocycles. The van der Waals surface area contributed by atoms with Gasteiger partial charge in [-0.25, -0.2) is 4.98 Å². The minimum atomic E-state index is -0.267. The van der Waals surface area contributed by atoms with Crippen LogP contribution in [0.5, 0.6) is 0 Å². The van der Waals surface area contributed by atoms with Crippen molar-refractivity contribution >= 4 is 11.8 Å². The predicted octanol–water partition coefficient (Wildman–Crippen LogP) is 3.73. The van der Waals surface area contributed by atoms with E-state index in [0.717, 1.165) is 12.8 Å². The van der Waals surface area contributed by atoms with Crippen molar-refractivity contribution in [1.29, 1.82) is 0 Å². The first kappa shape index (κ1) is 20.7. The molecule has 2 rings (SSSR count). The van der Waals surface area contributed by atoms with E-state index in [1.807, 2.05) is 0 Å². The van der Waals surface area contributed by atoms with Crippen LogP contribution in [0.1, 0.15) is 67.5 Å². The first-order chi connectivity index (χ1) is 12.9. The fourth-order valence-electron chi connectivity index (χ4n) is 2.44. The van der Waals surface area contributed by atoms with Crippen molar-refractivity contribution in [2.24, 2.45) is 11.8 Å². The Morgan fingerprint density at radius 3 is 2.52 bits per heavy atom. The summed E-state index contributed by atoms with van der Waals surface area (Å²) in [5.74, 6) is 1.08. The lowest BCUT2D eigenvalue weighted by Gasteiger charge is -2.21. The first-order valence-electron chi connectivity index (χ1n) is 9.42. The second-order valence-corrected chi connectivity index (χ2v) is 7.45. The molecule has 7 nitrogen and oxygen atoms in total. The number of carbonyl (C=O) groups excluding carboxylic acids is 2. The van der Waals surface area contributed by atoms with E-state index in [-0.39, 0.29) is 29.8 Å². The van der Waals surface area contributed by atoms with Crippen LogP contribution in [0.3, 0.4) is 0 Å². The van der Waals surface area contributed by atoms with Crippen molar-refractivity contribution in [2.45, 2.75) is 47.1 Å². The molecule has 0 saturated carbocycles. The molecule has 2 amide bonds. The summed E-state index contributed by atoms with van der Waals surface area (Å²) >= 11 is 0. The summed E-state index contributed by atoms with van der Waals surface area (Å²) in [6, 6.07) is 3.31. The molecule has 0 unspecified atom stereocenters. The smallest absolute Gasteiger partial charge is 0.290 e. The number of amides is 2. The van der Waals surface area contributed by atoms with Crippen molar-refractivity contribution in [1.82, 2.24) is 15.2 Å². The highest BCUT2D eigenvalue weighted by Gasteiger charge is 2.21. The van der Waals surface area contributed by atoms with Gasteiger partial charge in [-0.15, -0.1) is 0 Å². The van der Waals surface area contributed by atoms with Crippen molar-refractivity contribution in [3.8, 4) is 0 Å². The fraction of sp³-hybridized carbons (Fsp3) is 0.550. The highest BCUT2D eigenvalue weighted by Crippen LogP contribution is 2.13. The number of rotatable bonds is 10. The maximum atomic E-state index is 12.7. The van der Waals surface area contributed by atoms with Crippen LogP contribution in [0.4, 0.5) is 0 Å². The Morgan fingerprint density at radius 2 is 1.89 bits per heavy atom. The largest absolute Gasteiger partial charge is 0.459 e. The van der Waals surface area contributed by atoms with Gasteiger partial charge in [0.1, 0.15) is 6.26 Å². The summed E-state index contributed by atoms with van der Waals surface area (Å²) in [6.45, 7) is 9.72. The number of nitrogens with one attached hydrogen (secondary N) is 1. The number of carbonyl (C=O) groups is 2. The predicted molar refractivity (Wildman–Crippen MR) is 101 cm³/mol. The Hall–Kier alpha value is -2.57. The second-order valence-electron chi connectivity index (χ2n) is 7.45. The molecule has 0 bridgehead atoms. The SMILES string of the molecule is CC(C)CCNC(=O)c1coc(CN(CCC(C)C)C(=O)c2ccco2)n1. The zero-order chi connectivity index (χ0) is 19.8. The van der Waals surface area contributed by atoms with Crippen molar-refractivity contribution in [3.63, 3.8) is 0 Å². The molecule has 1 N–H and O–H groups in total. The van der Waals surface area contributed by atoms with Gasteiger partial charge < -0.3 is 19.1 Å². The Bertz CT molecular complexity index is 719. The number of aromatic nitrogens is 1. The molecule has 0 fully saturated rings. The Labute approximate surface area is 160 Å². The monoisotopic (exact) mass is 375 g/mol. The molecule has 0 aromatic carbocycles. The van der Waals surface area contributed by atoms with E-state index in [1.165, 1.54) is 12.5 Å². The van der Waals surface area contributed by atoms with Gasteiger partial charge in [-0.1, -0.05) is 27.7 Å². The molecule has 0 radical (unpaired) electrons. The summed E-state index contributed by atoms with van der Waals surface area (Å²) in [5.41, 5.74) is 0.225.